The fourth-order valence-corrected chi connectivity index (χ4v) is 3.82. The molecule has 1 unspecified atom stereocenters. The summed E-state index contributed by atoms with van der Waals surface area (Å²) in [6, 6.07) is 15.9. The number of hydrogen-bond acceptors (Lipinski definition) is 7. The van der Waals surface area contributed by atoms with Gasteiger partial charge < -0.3 is 9.87 Å². The van der Waals surface area contributed by atoms with Crippen molar-refractivity contribution in [2.24, 2.45) is 0 Å². The number of hydrogen-bond donors (Lipinski definition) is 2. The second-order valence-electron chi connectivity index (χ2n) is 6.21. The number of thiazole rings is 1. The molecule has 0 spiro atoms. The van der Waals surface area contributed by atoms with Crippen LogP contribution in [0.2, 0.25) is 0 Å². The second kappa shape index (κ2) is 10.3. The van der Waals surface area contributed by atoms with Gasteiger partial charge in [0.1, 0.15) is 16.4 Å². The van der Waals surface area contributed by atoms with Crippen LogP contribution in [0.4, 0.5) is 5.69 Å². The van der Waals surface area contributed by atoms with E-state index in [2.05, 4.69) is 20.1 Å². The highest BCUT2D eigenvalue weighted by atomic mass is 32.2. The Morgan fingerprint density at radius 2 is 1.93 bits per heavy atom. The lowest BCUT2D eigenvalue weighted by Crippen LogP contribution is -2.30. The molecule has 3 rings (SSSR count). The van der Waals surface area contributed by atoms with Crippen LogP contribution in [0.15, 0.2) is 60.0 Å². The van der Waals surface area contributed by atoms with Crippen molar-refractivity contribution >= 4 is 34.3 Å². The van der Waals surface area contributed by atoms with Gasteiger partial charge in [0.15, 0.2) is 0 Å². The number of rotatable bonds is 9. The molecule has 2 aromatic carbocycles. The maximum atomic E-state index is 12.7. The third-order valence-electron chi connectivity index (χ3n) is 4.19. The van der Waals surface area contributed by atoms with Crippen molar-refractivity contribution in [2.75, 3.05) is 5.48 Å². The Kier molecular flexibility index (Phi) is 7.48. The smallest absolute Gasteiger partial charge is 0.251 e. The predicted molar refractivity (Wildman–Crippen MR) is 112 cm³/mol. The highest BCUT2D eigenvalue weighted by Crippen LogP contribution is 2.24. The molecule has 1 aromatic heterocycles. The molecule has 0 saturated heterocycles. The van der Waals surface area contributed by atoms with Gasteiger partial charge in [-0.05, 0) is 42.7 Å². The molecule has 0 bridgehead atoms. The molecule has 0 fully saturated rings. The first-order chi connectivity index (χ1) is 14.0. The third-order valence-corrected chi connectivity index (χ3v) is 5.42. The topological polar surface area (TPSA) is 103 Å². The lowest BCUT2D eigenvalue weighted by Gasteiger charge is -2.17. The summed E-state index contributed by atoms with van der Waals surface area (Å²) in [4.78, 5) is 17.3. The zero-order chi connectivity index (χ0) is 20.6. The predicted octanol–water partition coefficient (Wildman–Crippen LogP) is 3.56. The van der Waals surface area contributed by atoms with Crippen LogP contribution >= 0.6 is 11.3 Å². The number of carbonyl (C=O) groups is 1. The summed E-state index contributed by atoms with van der Waals surface area (Å²) in [6.45, 7) is 2.04. The highest BCUT2D eigenvalue weighted by Gasteiger charge is 2.19. The normalized spacial score (nSPS) is 12.9. The van der Waals surface area contributed by atoms with Crippen LogP contribution in [0.3, 0.4) is 0 Å². The summed E-state index contributed by atoms with van der Waals surface area (Å²) >= 11 is -1.12. The zero-order valence-electron chi connectivity index (χ0n) is 15.7. The van der Waals surface area contributed by atoms with Crippen molar-refractivity contribution < 1.29 is 17.8 Å². The number of nitrogens with zero attached hydrogens (tertiary/aromatic N) is 1. The largest absolute Gasteiger partial charge is 0.748 e. The number of carbonyl (C=O) groups excluding carboxylic acids is 1. The Balaban J connectivity index is 1.76. The summed E-state index contributed by atoms with van der Waals surface area (Å²) in [5.74, 6) is -0.159. The SMILES string of the molecule is CCc1csc([C@H](Cc2ccc(NOS(=O)[O-])cc2)NC(=O)c2ccccc2)n1. The Labute approximate surface area is 175 Å². The van der Waals surface area contributed by atoms with Crippen LogP contribution in [0.5, 0.6) is 0 Å². The van der Waals surface area contributed by atoms with Crippen molar-refractivity contribution in [1.29, 1.82) is 0 Å². The lowest BCUT2D eigenvalue weighted by atomic mass is 10.1. The quantitative estimate of drug-likeness (QED) is 0.397. The minimum Gasteiger partial charge on any atom is -0.748 e. The van der Waals surface area contributed by atoms with Crippen molar-refractivity contribution in [3.8, 4) is 0 Å². The van der Waals surface area contributed by atoms with Crippen molar-refractivity contribution in [1.82, 2.24) is 10.3 Å². The molecule has 1 amide bonds. The van der Waals surface area contributed by atoms with E-state index in [1.54, 1.807) is 24.3 Å². The number of nitrogens with one attached hydrogen (secondary N) is 2. The number of amides is 1. The molecule has 152 valence electrons. The Morgan fingerprint density at radius 1 is 1.21 bits per heavy atom. The molecule has 9 heteroatoms. The second-order valence-corrected chi connectivity index (χ2v) is 7.68. The van der Waals surface area contributed by atoms with Gasteiger partial charge in [0.05, 0.1) is 17.4 Å². The molecule has 2 N–H and O–H groups in total. The molecular formula is C20H20N3O4S2-. The van der Waals surface area contributed by atoms with Crippen LogP contribution in [-0.2, 0) is 28.5 Å². The summed E-state index contributed by atoms with van der Waals surface area (Å²) in [5.41, 5.74) is 5.38. The zero-order valence-corrected chi connectivity index (χ0v) is 17.3. The summed E-state index contributed by atoms with van der Waals surface area (Å²) < 4.78 is 25.3. The maximum absolute atomic E-state index is 12.7. The monoisotopic (exact) mass is 430 g/mol. The van der Waals surface area contributed by atoms with Crippen LogP contribution in [0, 0.1) is 0 Å². The summed E-state index contributed by atoms with van der Waals surface area (Å²) in [6.07, 6.45) is 1.38. The molecule has 3 aromatic rings. The van der Waals surface area contributed by atoms with Crippen molar-refractivity contribution in [3.63, 3.8) is 0 Å². The minimum absolute atomic E-state index is 0.159. The number of anilines is 1. The molecule has 0 saturated carbocycles. The van der Waals surface area contributed by atoms with Crippen molar-refractivity contribution in [2.45, 2.75) is 25.8 Å². The van der Waals surface area contributed by atoms with E-state index in [1.165, 1.54) is 11.3 Å². The highest BCUT2D eigenvalue weighted by molar-refractivity contribution is 7.74. The van der Waals surface area contributed by atoms with Crippen LogP contribution < -0.4 is 10.8 Å². The molecule has 29 heavy (non-hydrogen) atoms. The van der Waals surface area contributed by atoms with Gasteiger partial charge in [-0.2, -0.15) is 4.28 Å². The first kappa shape index (κ1) is 21.1. The van der Waals surface area contributed by atoms with E-state index >= 15 is 0 Å². The van der Waals surface area contributed by atoms with Gasteiger partial charge in [0, 0.05) is 10.9 Å². The maximum Gasteiger partial charge on any atom is 0.251 e. The van der Waals surface area contributed by atoms with Gasteiger partial charge in [0.25, 0.3) is 5.91 Å². The number of aryl methyl sites for hydroxylation is 1. The molecule has 2 atom stereocenters. The fourth-order valence-electron chi connectivity index (χ4n) is 2.70. The van der Waals surface area contributed by atoms with Gasteiger partial charge in [-0.15, -0.1) is 11.3 Å². The summed E-state index contributed by atoms with van der Waals surface area (Å²) in [5, 5.41) is 5.93. The van der Waals surface area contributed by atoms with Gasteiger partial charge in [-0.25, -0.2) is 9.19 Å². The average Bonchev–Trinajstić information content (AvgIpc) is 3.22. The minimum atomic E-state index is -2.64. The van der Waals surface area contributed by atoms with Crippen LogP contribution in [0.25, 0.3) is 0 Å². The number of aromatic nitrogens is 1. The standard InChI is InChI=1S/C20H21N3O4S2/c1-2-16-13-28-20(21-16)18(22-19(24)15-6-4-3-5-7-15)12-14-8-10-17(11-9-14)23-27-29(25)26/h3-11,13,18,23H,2,12H2,1H3,(H,22,24)(H,25,26)/p-1/t18-/m0/s1. The third kappa shape index (κ3) is 6.20. The number of benzene rings is 2. The molecule has 0 aliphatic heterocycles. The molecule has 0 aliphatic rings. The molecule has 1 heterocycles. The van der Waals surface area contributed by atoms with Crippen LogP contribution in [0.1, 0.15) is 39.6 Å². The molecular weight excluding hydrogens is 410 g/mol. The van der Waals surface area contributed by atoms with E-state index in [1.807, 2.05) is 42.6 Å². The summed E-state index contributed by atoms with van der Waals surface area (Å²) in [7, 11) is 0. The van der Waals surface area contributed by atoms with Gasteiger partial charge >= 0.3 is 0 Å². The van der Waals surface area contributed by atoms with Gasteiger partial charge in [-0.3, -0.25) is 10.3 Å². The Bertz CT molecular complexity index is 961. The molecule has 0 aliphatic carbocycles. The Hall–Kier alpha value is -2.59. The van der Waals surface area contributed by atoms with Gasteiger partial charge in [-0.1, -0.05) is 37.3 Å². The Morgan fingerprint density at radius 3 is 2.55 bits per heavy atom. The first-order valence-corrected chi connectivity index (χ1v) is 10.8. The van der Waals surface area contributed by atoms with Gasteiger partial charge in [0.2, 0.25) is 0 Å². The average molecular weight is 431 g/mol. The van der Waals surface area contributed by atoms with E-state index in [-0.39, 0.29) is 11.9 Å². The van der Waals surface area contributed by atoms with E-state index in [9.17, 15) is 13.6 Å². The molecule has 7 nitrogen and oxygen atoms in total. The van der Waals surface area contributed by atoms with E-state index < -0.39 is 11.4 Å². The van der Waals surface area contributed by atoms with Crippen molar-refractivity contribution in [3.05, 3.63) is 81.8 Å². The lowest BCUT2D eigenvalue weighted by molar-refractivity contribution is 0.0936. The van der Waals surface area contributed by atoms with E-state index in [0.717, 1.165) is 22.7 Å². The fraction of sp³-hybridized carbons (Fsp3) is 0.200. The van der Waals surface area contributed by atoms with Crippen LogP contribution in [-0.4, -0.2) is 19.7 Å². The first-order valence-electron chi connectivity index (χ1n) is 8.97. The molecule has 0 radical (unpaired) electrons. The van der Waals surface area contributed by atoms with E-state index in [4.69, 9.17) is 0 Å². The van der Waals surface area contributed by atoms with E-state index in [0.29, 0.717) is 17.7 Å².